The van der Waals surface area contributed by atoms with Crippen LogP contribution < -0.4 is 5.32 Å². The molecule has 0 spiro atoms. The van der Waals surface area contributed by atoms with Crippen LogP contribution in [0.5, 0.6) is 0 Å². The third-order valence-corrected chi connectivity index (χ3v) is 5.51. The molecule has 2 aromatic rings. The van der Waals surface area contributed by atoms with Crippen molar-refractivity contribution in [3.63, 3.8) is 0 Å². The lowest BCUT2D eigenvalue weighted by atomic mass is 9.73. The maximum Gasteiger partial charge on any atom is 0.416 e. The molecule has 1 fully saturated rings. The molecule has 0 bridgehead atoms. The van der Waals surface area contributed by atoms with E-state index in [0.29, 0.717) is 0 Å². The van der Waals surface area contributed by atoms with Gasteiger partial charge in [-0.2, -0.15) is 13.2 Å². The van der Waals surface area contributed by atoms with Crippen LogP contribution in [-0.4, -0.2) is 23.5 Å². The lowest BCUT2D eigenvalue weighted by molar-refractivity contribution is -0.137. The molecule has 1 amide bonds. The number of hydrogen-bond donors (Lipinski definition) is 2. The van der Waals surface area contributed by atoms with Crippen molar-refractivity contribution in [3.8, 4) is 0 Å². The maximum atomic E-state index is 14.1. The van der Waals surface area contributed by atoms with E-state index in [1.54, 1.807) is 30.3 Å². The first-order valence-electron chi connectivity index (χ1n) is 9.62. The Morgan fingerprint density at radius 2 is 1.83 bits per heavy atom. The quantitative estimate of drug-likeness (QED) is 0.655. The molecule has 1 aliphatic rings. The van der Waals surface area contributed by atoms with Crippen LogP contribution in [-0.2, 0) is 11.0 Å². The van der Waals surface area contributed by atoms with Gasteiger partial charge in [-0.15, -0.1) is 0 Å². The number of nitrogens with one attached hydrogen (secondary N) is 1. The highest BCUT2D eigenvalue weighted by molar-refractivity contribution is 5.80. The molecule has 0 radical (unpaired) electrons. The van der Waals surface area contributed by atoms with Crippen LogP contribution in [0.4, 0.5) is 22.0 Å². The first-order valence-corrected chi connectivity index (χ1v) is 9.62. The van der Waals surface area contributed by atoms with E-state index in [1.165, 1.54) is 12.1 Å². The Labute approximate surface area is 170 Å². The number of alkyl halides is 5. The van der Waals surface area contributed by atoms with Crippen molar-refractivity contribution >= 4 is 5.91 Å². The van der Waals surface area contributed by atoms with Gasteiger partial charge in [-0.1, -0.05) is 42.5 Å². The zero-order chi connectivity index (χ0) is 21.9. The molecule has 1 aliphatic carbocycles. The van der Waals surface area contributed by atoms with Crippen LogP contribution in [0.1, 0.15) is 47.9 Å². The van der Waals surface area contributed by atoms with Gasteiger partial charge in [-0.05, 0) is 35.6 Å². The van der Waals surface area contributed by atoms with Gasteiger partial charge >= 0.3 is 6.18 Å². The van der Waals surface area contributed by atoms with Gasteiger partial charge in [0.2, 0.25) is 11.8 Å². The second-order valence-corrected chi connectivity index (χ2v) is 7.59. The average molecular weight is 427 g/mol. The summed E-state index contributed by atoms with van der Waals surface area (Å²) < 4.78 is 67.1. The van der Waals surface area contributed by atoms with Gasteiger partial charge in [0.15, 0.2) is 0 Å². The molecule has 0 saturated heterocycles. The molecule has 3 atom stereocenters. The van der Waals surface area contributed by atoms with E-state index < -0.39 is 54.5 Å². The van der Waals surface area contributed by atoms with Crippen LogP contribution >= 0.6 is 0 Å². The summed E-state index contributed by atoms with van der Waals surface area (Å²) in [5.74, 6) is -5.21. The zero-order valence-electron chi connectivity index (χ0n) is 16.0. The second-order valence-electron chi connectivity index (χ2n) is 7.59. The molecule has 3 nitrogen and oxygen atoms in total. The highest BCUT2D eigenvalue weighted by Gasteiger charge is 2.45. The van der Waals surface area contributed by atoms with Crippen molar-refractivity contribution in [1.29, 1.82) is 0 Å². The van der Waals surface area contributed by atoms with Gasteiger partial charge in [-0.3, -0.25) is 4.79 Å². The normalized spacial score (nSPS) is 22.3. The molecule has 2 N–H and O–H groups in total. The van der Waals surface area contributed by atoms with Crippen molar-refractivity contribution in [1.82, 2.24) is 5.32 Å². The largest absolute Gasteiger partial charge is 0.416 e. The number of amides is 1. The number of halogens is 5. The number of rotatable bonds is 5. The van der Waals surface area contributed by atoms with E-state index >= 15 is 0 Å². The number of carbonyl (C=O) groups excluding carboxylic acids is 1. The van der Waals surface area contributed by atoms with Gasteiger partial charge in [-0.25, -0.2) is 8.78 Å². The summed E-state index contributed by atoms with van der Waals surface area (Å²) in [6.07, 6.45) is -5.46. The minimum absolute atomic E-state index is 0.0551. The summed E-state index contributed by atoms with van der Waals surface area (Å²) in [4.78, 5) is 12.9. The number of aliphatic hydroxyl groups excluding tert-OH is 1. The summed E-state index contributed by atoms with van der Waals surface area (Å²) in [6, 6.07) is 12.0. The van der Waals surface area contributed by atoms with Crippen LogP contribution in [0, 0.1) is 5.92 Å². The Hall–Kier alpha value is -2.48. The van der Waals surface area contributed by atoms with E-state index in [4.69, 9.17) is 0 Å². The lowest BCUT2D eigenvalue weighted by Gasteiger charge is -2.36. The van der Waals surface area contributed by atoms with Crippen LogP contribution in [0.3, 0.4) is 0 Å². The molecule has 8 heteroatoms. The molecule has 0 heterocycles. The summed E-state index contributed by atoms with van der Waals surface area (Å²) >= 11 is 0. The number of aliphatic hydroxyl groups is 1. The highest BCUT2D eigenvalue weighted by atomic mass is 19.4. The second kappa shape index (κ2) is 8.71. The Balaban J connectivity index is 1.83. The summed E-state index contributed by atoms with van der Waals surface area (Å²) in [6.45, 7) is -0.661. The Morgan fingerprint density at radius 3 is 2.47 bits per heavy atom. The Kier molecular flexibility index (Phi) is 6.45. The number of benzene rings is 2. The molecule has 162 valence electrons. The third-order valence-electron chi connectivity index (χ3n) is 5.51. The van der Waals surface area contributed by atoms with Crippen LogP contribution in [0.15, 0.2) is 54.6 Å². The van der Waals surface area contributed by atoms with E-state index in [1.807, 2.05) is 0 Å². The predicted molar refractivity (Wildman–Crippen MR) is 101 cm³/mol. The van der Waals surface area contributed by atoms with Crippen molar-refractivity contribution in [3.05, 3.63) is 71.3 Å². The fourth-order valence-corrected chi connectivity index (χ4v) is 3.95. The first kappa shape index (κ1) is 22.2. The zero-order valence-corrected chi connectivity index (χ0v) is 16.0. The molecule has 0 unspecified atom stereocenters. The van der Waals surface area contributed by atoms with E-state index in [0.717, 1.165) is 17.7 Å². The number of hydrogen-bond acceptors (Lipinski definition) is 2. The smallest absolute Gasteiger partial charge is 0.394 e. The molecule has 2 aromatic carbocycles. The van der Waals surface area contributed by atoms with Crippen molar-refractivity contribution < 1.29 is 31.9 Å². The lowest BCUT2D eigenvalue weighted by Crippen LogP contribution is -2.43. The van der Waals surface area contributed by atoms with Crippen molar-refractivity contribution in [2.45, 2.75) is 43.3 Å². The predicted octanol–water partition coefficient (Wildman–Crippen LogP) is 5.07. The van der Waals surface area contributed by atoms with Gasteiger partial charge in [0.1, 0.15) is 0 Å². The van der Waals surface area contributed by atoms with E-state index in [-0.39, 0.29) is 18.4 Å². The average Bonchev–Trinajstić information content (AvgIpc) is 2.71. The SMILES string of the molecule is O=C(N[C@@H](CO)c1cccc(C(F)(F)F)c1)[C@@H]1CC(F)(F)CC[C@H]1c1ccccc1. The van der Waals surface area contributed by atoms with Gasteiger partial charge in [0.25, 0.3) is 0 Å². The van der Waals surface area contributed by atoms with Crippen LogP contribution in [0.25, 0.3) is 0 Å². The highest BCUT2D eigenvalue weighted by Crippen LogP contribution is 2.45. The summed E-state index contributed by atoms with van der Waals surface area (Å²) in [7, 11) is 0. The minimum Gasteiger partial charge on any atom is -0.394 e. The molecule has 3 rings (SSSR count). The minimum atomic E-state index is -4.58. The molecule has 30 heavy (non-hydrogen) atoms. The van der Waals surface area contributed by atoms with Gasteiger partial charge in [0, 0.05) is 12.8 Å². The topological polar surface area (TPSA) is 49.3 Å². The standard InChI is InChI=1S/C22H22F5NO2/c23-21(24)10-9-17(14-5-2-1-3-6-14)18(12-21)20(30)28-19(13-29)15-7-4-8-16(11-15)22(25,26)27/h1-8,11,17-19,29H,9-10,12-13H2,(H,28,30)/t17-,18+,19-/m0/s1. The van der Waals surface area contributed by atoms with E-state index in [2.05, 4.69) is 5.32 Å². The summed E-state index contributed by atoms with van der Waals surface area (Å²) in [5, 5.41) is 12.1. The molecular weight excluding hydrogens is 405 g/mol. The van der Waals surface area contributed by atoms with E-state index in [9.17, 15) is 31.9 Å². The van der Waals surface area contributed by atoms with Gasteiger partial charge in [0.05, 0.1) is 24.1 Å². The van der Waals surface area contributed by atoms with Gasteiger partial charge < -0.3 is 10.4 Å². The number of carbonyl (C=O) groups is 1. The monoisotopic (exact) mass is 427 g/mol. The first-order chi connectivity index (χ1) is 14.1. The fourth-order valence-electron chi connectivity index (χ4n) is 3.95. The molecular formula is C22H22F5NO2. The maximum absolute atomic E-state index is 14.1. The van der Waals surface area contributed by atoms with Crippen LogP contribution in [0.2, 0.25) is 0 Å². The Morgan fingerprint density at radius 1 is 1.13 bits per heavy atom. The third kappa shape index (κ3) is 5.16. The molecule has 1 saturated carbocycles. The van der Waals surface area contributed by atoms with Crippen molar-refractivity contribution in [2.24, 2.45) is 5.92 Å². The molecule has 0 aromatic heterocycles. The fraction of sp³-hybridized carbons (Fsp3) is 0.409. The Bertz CT molecular complexity index is 869. The van der Waals surface area contributed by atoms with Crippen molar-refractivity contribution in [2.75, 3.05) is 6.61 Å². The molecule has 0 aliphatic heterocycles. The summed E-state index contributed by atoms with van der Waals surface area (Å²) in [5.41, 5.74) is -0.105.